The second-order valence-electron chi connectivity index (χ2n) is 5.28. The summed E-state index contributed by atoms with van der Waals surface area (Å²) in [5, 5.41) is 10.8. The van der Waals surface area contributed by atoms with Crippen LogP contribution in [-0.2, 0) is 11.3 Å². The molecule has 0 aliphatic heterocycles. The molecule has 0 radical (unpaired) electrons. The highest BCUT2D eigenvalue weighted by Gasteiger charge is 2.13. The van der Waals surface area contributed by atoms with Gasteiger partial charge in [-0.05, 0) is 57.9 Å². The molecule has 1 N–H and O–H groups in total. The summed E-state index contributed by atoms with van der Waals surface area (Å²) < 4.78 is 11.3. The minimum absolute atomic E-state index is 0.0192. The molecule has 0 saturated heterocycles. The lowest BCUT2D eigenvalue weighted by Crippen LogP contribution is -2.00. The molecule has 2 aromatic carbocycles. The van der Waals surface area contributed by atoms with Crippen LogP contribution < -0.4 is 0 Å². The fourth-order valence-electron chi connectivity index (χ4n) is 2.44. The minimum atomic E-state index is -0.240. The number of aromatic hydroxyl groups is 1. The van der Waals surface area contributed by atoms with E-state index in [0.29, 0.717) is 28.0 Å². The van der Waals surface area contributed by atoms with Crippen molar-refractivity contribution < 1.29 is 19.1 Å². The van der Waals surface area contributed by atoms with E-state index < -0.39 is 0 Å². The summed E-state index contributed by atoms with van der Waals surface area (Å²) in [4.78, 5) is 12.5. The first kappa shape index (κ1) is 16.5. The van der Waals surface area contributed by atoms with Crippen LogP contribution in [-0.4, -0.2) is 18.0 Å². The molecule has 5 heteroatoms. The van der Waals surface area contributed by atoms with Crippen LogP contribution in [0.4, 0.5) is 0 Å². The van der Waals surface area contributed by atoms with Gasteiger partial charge in [-0.15, -0.1) is 0 Å². The standard InChI is InChI=1S/C19H15BrO4/c1-23-11-13-8-14(21)10-16(19(13)20)17(22)7-6-15-9-12-4-2-3-5-18(12)24-15/h2-10,21H,11H2,1H3/b7-6+. The summed E-state index contributed by atoms with van der Waals surface area (Å²) in [6, 6.07) is 12.5. The molecule has 0 aliphatic rings. The van der Waals surface area contributed by atoms with Crippen LogP contribution in [0.25, 0.3) is 17.0 Å². The van der Waals surface area contributed by atoms with Crippen molar-refractivity contribution in [2.45, 2.75) is 6.61 Å². The Kier molecular flexibility index (Phi) is 4.83. The van der Waals surface area contributed by atoms with Crippen molar-refractivity contribution in [2.24, 2.45) is 0 Å². The first-order valence-electron chi connectivity index (χ1n) is 7.30. The summed E-state index contributed by atoms with van der Waals surface area (Å²) >= 11 is 3.40. The quantitative estimate of drug-likeness (QED) is 0.498. The van der Waals surface area contributed by atoms with Gasteiger partial charge >= 0.3 is 0 Å². The Morgan fingerprint density at radius 1 is 1.29 bits per heavy atom. The molecule has 3 rings (SSSR count). The van der Waals surface area contributed by atoms with Gasteiger partial charge in [0, 0.05) is 22.5 Å². The van der Waals surface area contributed by atoms with Crippen molar-refractivity contribution in [1.29, 1.82) is 0 Å². The molecule has 0 aliphatic carbocycles. The highest BCUT2D eigenvalue weighted by molar-refractivity contribution is 9.10. The third-order valence-electron chi connectivity index (χ3n) is 3.54. The lowest BCUT2D eigenvalue weighted by molar-refractivity contribution is 0.104. The highest BCUT2D eigenvalue weighted by Crippen LogP contribution is 2.28. The van der Waals surface area contributed by atoms with Crippen molar-refractivity contribution in [1.82, 2.24) is 0 Å². The van der Waals surface area contributed by atoms with E-state index in [9.17, 15) is 9.90 Å². The number of furan rings is 1. The average Bonchev–Trinajstić information content (AvgIpc) is 2.98. The van der Waals surface area contributed by atoms with E-state index in [2.05, 4.69) is 15.9 Å². The van der Waals surface area contributed by atoms with Crippen LogP contribution in [0.1, 0.15) is 21.7 Å². The number of halogens is 1. The SMILES string of the molecule is COCc1cc(O)cc(C(=O)/C=C/c2cc3ccccc3o2)c1Br. The summed E-state index contributed by atoms with van der Waals surface area (Å²) in [6.45, 7) is 0.294. The number of hydrogen-bond donors (Lipinski definition) is 1. The Morgan fingerprint density at radius 2 is 2.08 bits per heavy atom. The lowest BCUT2D eigenvalue weighted by atomic mass is 10.1. The molecule has 0 bridgehead atoms. The van der Waals surface area contributed by atoms with Crippen molar-refractivity contribution in [2.75, 3.05) is 7.11 Å². The van der Waals surface area contributed by atoms with E-state index in [1.54, 1.807) is 19.3 Å². The van der Waals surface area contributed by atoms with E-state index in [1.165, 1.54) is 12.1 Å². The van der Waals surface area contributed by atoms with Gasteiger partial charge in [0.1, 0.15) is 17.1 Å². The smallest absolute Gasteiger partial charge is 0.187 e. The largest absolute Gasteiger partial charge is 0.508 e. The first-order chi connectivity index (χ1) is 11.6. The average molecular weight is 387 g/mol. The zero-order valence-electron chi connectivity index (χ0n) is 13.0. The fraction of sp³-hybridized carbons (Fsp3) is 0.105. The third-order valence-corrected chi connectivity index (χ3v) is 4.48. The van der Waals surface area contributed by atoms with Gasteiger partial charge in [-0.2, -0.15) is 0 Å². The highest BCUT2D eigenvalue weighted by atomic mass is 79.9. The van der Waals surface area contributed by atoms with E-state index in [0.717, 1.165) is 11.0 Å². The number of carbonyl (C=O) groups is 1. The molecule has 3 aromatic rings. The number of ether oxygens (including phenoxy) is 1. The van der Waals surface area contributed by atoms with Gasteiger partial charge < -0.3 is 14.3 Å². The van der Waals surface area contributed by atoms with Crippen LogP contribution in [0.2, 0.25) is 0 Å². The van der Waals surface area contributed by atoms with E-state index in [4.69, 9.17) is 9.15 Å². The Bertz CT molecular complexity index is 891. The number of para-hydroxylation sites is 1. The topological polar surface area (TPSA) is 59.7 Å². The normalized spacial score (nSPS) is 11.4. The summed E-state index contributed by atoms with van der Waals surface area (Å²) in [6.07, 6.45) is 3.04. The van der Waals surface area contributed by atoms with Gasteiger partial charge in [0.2, 0.25) is 0 Å². The Morgan fingerprint density at radius 3 is 2.83 bits per heavy atom. The number of phenols is 1. The van der Waals surface area contributed by atoms with Crippen LogP contribution in [0.5, 0.6) is 5.75 Å². The van der Waals surface area contributed by atoms with Crippen LogP contribution in [0, 0.1) is 0 Å². The Labute approximate surface area is 147 Å². The molecule has 0 saturated carbocycles. The summed E-state index contributed by atoms with van der Waals surface area (Å²) in [5.74, 6) is 0.374. The number of allylic oxidation sites excluding steroid dienone is 1. The Hall–Kier alpha value is -2.37. The van der Waals surface area contributed by atoms with Gasteiger partial charge in [-0.25, -0.2) is 0 Å². The maximum atomic E-state index is 12.5. The number of carbonyl (C=O) groups excluding carboxylic acids is 1. The molecule has 0 unspecified atom stereocenters. The summed E-state index contributed by atoms with van der Waals surface area (Å²) in [7, 11) is 1.56. The first-order valence-corrected chi connectivity index (χ1v) is 8.09. The maximum Gasteiger partial charge on any atom is 0.187 e. The molecule has 0 fully saturated rings. The third kappa shape index (κ3) is 3.42. The van der Waals surface area contributed by atoms with Crippen molar-refractivity contribution in [3.05, 3.63) is 69.9 Å². The van der Waals surface area contributed by atoms with Crippen molar-refractivity contribution in [3.63, 3.8) is 0 Å². The number of phenolic OH excluding ortho intramolecular Hbond substituents is 1. The molecule has 0 amide bonds. The molecule has 1 heterocycles. The molecule has 4 nitrogen and oxygen atoms in total. The number of rotatable bonds is 5. The van der Waals surface area contributed by atoms with Crippen molar-refractivity contribution >= 4 is 38.8 Å². The Balaban J connectivity index is 1.89. The molecule has 24 heavy (non-hydrogen) atoms. The van der Waals surface area contributed by atoms with Gasteiger partial charge in [-0.1, -0.05) is 18.2 Å². The molecule has 1 aromatic heterocycles. The van der Waals surface area contributed by atoms with E-state index >= 15 is 0 Å². The zero-order valence-corrected chi connectivity index (χ0v) is 14.5. The van der Waals surface area contributed by atoms with Gasteiger partial charge in [-0.3, -0.25) is 4.79 Å². The number of fused-ring (bicyclic) bond motifs is 1. The molecule has 122 valence electrons. The fourth-order valence-corrected chi connectivity index (χ4v) is 2.98. The van der Waals surface area contributed by atoms with Crippen LogP contribution in [0.15, 0.2) is 57.4 Å². The minimum Gasteiger partial charge on any atom is -0.508 e. The zero-order chi connectivity index (χ0) is 17.1. The molecular formula is C19H15BrO4. The number of ketones is 1. The van der Waals surface area contributed by atoms with E-state index in [-0.39, 0.29) is 11.5 Å². The number of benzene rings is 2. The van der Waals surface area contributed by atoms with Gasteiger partial charge in [0.25, 0.3) is 0 Å². The molecule has 0 spiro atoms. The number of hydrogen-bond acceptors (Lipinski definition) is 4. The predicted molar refractivity (Wildman–Crippen MR) is 96.1 cm³/mol. The maximum absolute atomic E-state index is 12.5. The number of methoxy groups -OCH3 is 1. The monoisotopic (exact) mass is 386 g/mol. The molecular weight excluding hydrogens is 372 g/mol. The molecule has 0 atom stereocenters. The van der Waals surface area contributed by atoms with E-state index in [1.807, 2.05) is 30.3 Å². The second-order valence-corrected chi connectivity index (χ2v) is 6.08. The van der Waals surface area contributed by atoms with Crippen LogP contribution in [0.3, 0.4) is 0 Å². The summed E-state index contributed by atoms with van der Waals surface area (Å²) in [5.41, 5.74) is 1.85. The van der Waals surface area contributed by atoms with Crippen molar-refractivity contribution in [3.8, 4) is 5.75 Å². The second kappa shape index (κ2) is 7.03. The lowest BCUT2D eigenvalue weighted by Gasteiger charge is -2.08. The van der Waals surface area contributed by atoms with Gasteiger partial charge in [0.05, 0.1) is 6.61 Å². The predicted octanol–water partition coefficient (Wildman–Crippen LogP) is 4.94. The van der Waals surface area contributed by atoms with Crippen LogP contribution >= 0.6 is 15.9 Å². The van der Waals surface area contributed by atoms with Gasteiger partial charge in [0.15, 0.2) is 5.78 Å².